The van der Waals surface area contributed by atoms with E-state index in [2.05, 4.69) is 5.32 Å². The lowest BCUT2D eigenvalue weighted by molar-refractivity contribution is -0.104. The molecule has 0 bridgehead atoms. The topological polar surface area (TPSA) is 99.1 Å². The Morgan fingerprint density at radius 1 is 1.18 bits per heavy atom. The zero-order chi connectivity index (χ0) is 20.2. The molecule has 2 aromatic rings. The molecular formula is C20H26N2O5S. The summed E-state index contributed by atoms with van der Waals surface area (Å²) in [6.45, 7) is 0.547. The number of methoxy groups -OCH3 is 1. The SMILES string of the molecule is COc1ccc(CNC[C@@]2(O)CN(S(=O)(=O)c3ccccc3)CC[C@@H]2O)cc1. The van der Waals surface area contributed by atoms with Crippen LogP contribution in [0.15, 0.2) is 59.5 Å². The molecular weight excluding hydrogens is 380 g/mol. The van der Waals surface area contributed by atoms with Crippen molar-refractivity contribution in [3.63, 3.8) is 0 Å². The molecule has 8 heteroatoms. The Balaban J connectivity index is 1.65. The van der Waals surface area contributed by atoms with E-state index in [0.717, 1.165) is 11.3 Å². The first-order chi connectivity index (χ1) is 13.3. The van der Waals surface area contributed by atoms with Crippen LogP contribution in [-0.4, -0.2) is 61.4 Å². The van der Waals surface area contributed by atoms with Crippen molar-refractivity contribution in [1.82, 2.24) is 9.62 Å². The summed E-state index contributed by atoms with van der Waals surface area (Å²) in [7, 11) is -2.12. The number of aliphatic hydroxyl groups excluding tert-OH is 1. The highest BCUT2D eigenvalue weighted by Gasteiger charge is 2.44. The van der Waals surface area contributed by atoms with Gasteiger partial charge >= 0.3 is 0 Å². The number of hydrogen-bond acceptors (Lipinski definition) is 6. The van der Waals surface area contributed by atoms with Gasteiger partial charge in [-0.2, -0.15) is 4.31 Å². The third-order valence-corrected chi connectivity index (χ3v) is 6.88. The first-order valence-corrected chi connectivity index (χ1v) is 10.6. The lowest BCUT2D eigenvalue weighted by atomic mass is 9.90. The van der Waals surface area contributed by atoms with E-state index in [0.29, 0.717) is 6.54 Å². The number of benzene rings is 2. The van der Waals surface area contributed by atoms with Gasteiger partial charge in [0.25, 0.3) is 0 Å². The van der Waals surface area contributed by atoms with Gasteiger partial charge < -0.3 is 20.3 Å². The van der Waals surface area contributed by atoms with Gasteiger partial charge in [0.2, 0.25) is 10.0 Å². The van der Waals surface area contributed by atoms with Gasteiger partial charge in [-0.1, -0.05) is 30.3 Å². The van der Waals surface area contributed by atoms with Crippen LogP contribution in [0.3, 0.4) is 0 Å². The molecule has 7 nitrogen and oxygen atoms in total. The van der Waals surface area contributed by atoms with E-state index in [9.17, 15) is 18.6 Å². The second-order valence-electron chi connectivity index (χ2n) is 7.01. The normalized spacial score (nSPS) is 23.5. The summed E-state index contributed by atoms with van der Waals surface area (Å²) in [5, 5.41) is 24.4. The van der Waals surface area contributed by atoms with Crippen LogP contribution < -0.4 is 10.1 Å². The van der Waals surface area contributed by atoms with Gasteiger partial charge in [0.1, 0.15) is 11.4 Å². The highest BCUT2D eigenvalue weighted by molar-refractivity contribution is 7.89. The molecule has 28 heavy (non-hydrogen) atoms. The molecule has 0 radical (unpaired) electrons. The van der Waals surface area contributed by atoms with Crippen LogP contribution >= 0.6 is 0 Å². The number of rotatable bonds is 7. The molecule has 152 valence electrons. The van der Waals surface area contributed by atoms with E-state index in [4.69, 9.17) is 4.74 Å². The van der Waals surface area contributed by atoms with Gasteiger partial charge in [-0.25, -0.2) is 8.42 Å². The standard InChI is InChI=1S/C20H26N2O5S/c1-27-17-9-7-16(8-10-17)13-21-14-20(24)15-22(12-11-19(20)23)28(25,26)18-5-3-2-4-6-18/h2-10,19,21,23-24H,11-15H2,1H3/t19-,20+/m0/s1. The molecule has 0 aromatic heterocycles. The van der Waals surface area contributed by atoms with Crippen molar-refractivity contribution in [3.05, 3.63) is 60.2 Å². The van der Waals surface area contributed by atoms with Gasteiger partial charge in [-0.3, -0.25) is 0 Å². The third-order valence-electron chi connectivity index (χ3n) is 5.02. The van der Waals surface area contributed by atoms with E-state index in [1.807, 2.05) is 24.3 Å². The molecule has 1 aliphatic rings. The number of sulfonamides is 1. The van der Waals surface area contributed by atoms with Gasteiger partial charge in [0, 0.05) is 26.2 Å². The number of piperidine rings is 1. The highest BCUT2D eigenvalue weighted by atomic mass is 32.2. The molecule has 1 heterocycles. The second kappa shape index (κ2) is 8.59. The Kier molecular flexibility index (Phi) is 6.36. The molecule has 0 aliphatic carbocycles. The van der Waals surface area contributed by atoms with Gasteiger partial charge in [0.05, 0.1) is 18.1 Å². The molecule has 0 saturated carbocycles. The molecule has 1 aliphatic heterocycles. The minimum Gasteiger partial charge on any atom is -0.497 e. The average molecular weight is 407 g/mol. The van der Waals surface area contributed by atoms with Crippen molar-refractivity contribution in [1.29, 1.82) is 0 Å². The van der Waals surface area contributed by atoms with E-state index < -0.39 is 21.7 Å². The maximum Gasteiger partial charge on any atom is 0.243 e. The number of nitrogens with one attached hydrogen (secondary N) is 1. The molecule has 2 aromatic carbocycles. The number of nitrogens with zero attached hydrogens (tertiary/aromatic N) is 1. The smallest absolute Gasteiger partial charge is 0.243 e. The summed E-state index contributed by atoms with van der Waals surface area (Å²) in [5.74, 6) is 0.756. The Labute approximate surface area is 165 Å². The molecule has 1 fully saturated rings. The van der Waals surface area contributed by atoms with Crippen molar-refractivity contribution in [2.75, 3.05) is 26.7 Å². The largest absolute Gasteiger partial charge is 0.497 e. The second-order valence-corrected chi connectivity index (χ2v) is 8.95. The van der Waals surface area contributed by atoms with Gasteiger partial charge in [-0.15, -0.1) is 0 Å². The van der Waals surface area contributed by atoms with Crippen molar-refractivity contribution in [2.24, 2.45) is 0 Å². The molecule has 1 saturated heterocycles. The van der Waals surface area contributed by atoms with Crippen molar-refractivity contribution < 1.29 is 23.4 Å². The molecule has 3 rings (SSSR count). The average Bonchev–Trinajstić information content (AvgIpc) is 2.71. The van der Waals surface area contributed by atoms with Crippen LogP contribution in [0.2, 0.25) is 0 Å². The zero-order valence-electron chi connectivity index (χ0n) is 15.8. The summed E-state index contributed by atoms with van der Waals surface area (Å²) >= 11 is 0. The monoisotopic (exact) mass is 406 g/mol. The van der Waals surface area contributed by atoms with E-state index >= 15 is 0 Å². The van der Waals surface area contributed by atoms with Crippen LogP contribution in [0.1, 0.15) is 12.0 Å². The Morgan fingerprint density at radius 3 is 2.50 bits per heavy atom. The number of β-amino-alcohol motifs (C(OH)–C–C–N with tert-alkyl or cyclic N) is 1. The lowest BCUT2D eigenvalue weighted by Gasteiger charge is -2.42. The van der Waals surface area contributed by atoms with Crippen LogP contribution in [0, 0.1) is 0 Å². The maximum atomic E-state index is 12.8. The third kappa shape index (κ3) is 4.53. The summed E-state index contributed by atoms with van der Waals surface area (Å²) in [4.78, 5) is 0.180. The molecule has 2 atom stereocenters. The fourth-order valence-electron chi connectivity index (χ4n) is 3.31. The highest BCUT2D eigenvalue weighted by Crippen LogP contribution is 2.26. The van der Waals surface area contributed by atoms with E-state index in [1.54, 1.807) is 25.3 Å². The molecule has 3 N–H and O–H groups in total. The van der Waals surface area contributed by atoms with Gasteiger partial charge in [-0.05, 0) is 36.2 Å². The Bertz CT molecular complexity index is 873. The van der Waals surface area contributed by atoms with Crippen LogP contribution in [0.5, 0.6) is 5.75 Å². The summed E-state index contributed by atoms with van der Waals surface area (Å²) in [6.07, 6.45) is -0.828. The molecule has 0 spiro atoms. The summed E-state index contributed by atoms with van der Waals surface area (Å²) in [6, 6.07) is 15.6. The fourth-order valence-corrected chi connectivity index (χ4v) is 4.85. The minimum atomic E-state index is -3.72. The first kappa shape index (κ1) is 20.8. The summed E-state index contributed by atoms with van der Waals surface area (Å²) < 4.78 is 32.0. The maximum absolute atomic E-state index is 12.8. The van der Waals surface area contributed by atoms with Crippen molar-refractivity contribution >= 4 is 10.0 Å². The van der Waals surface area contributed by atoms with Crippen molar-refractivity contribution in [3.8, 4) is 5.75 Å². The minimum absolute atomic E-state index is 0.0704. The predicted octanol–water partition coefficient (Wildman–Crippen LogP) is 0.971. The number of ether oxygens (including phenoxy) is 1. The predicted molar refractivity (Wildman–Crippen MR) is 105 cm³/mol. The summed E-state index contributed by atoms with van der Waals surface area (Å²) in [5.41, 5.74) is -0.574. The fraction of sp³-hybridized carbons (Fsp3) is 0.400. The Hall–Kier alpha value is -1.97. The van der Waals surface area contributed by atoms with Gasteiger partial charge in [0.15, 0.2) is 0 Å². The van der Waals surface area contributed by atoms with Crippen LogP contribution in [-0.2, 0) is 16.6 Å². The zero-order valence-corrected chi connectivity index (χ0v) is 16.6. The molecule has 0 unspecified atom stereocenters. The quantitative estimate of drug-likeness (QED) is 0.634. The lowest BCUT2D eigenvalue weighted by Crippen LogP contribution is -2.62. The van der Waals surface area contributed by atoms with E-state index in [-0.39, 0.29) is 31.0 Å². The number of hydrogen-bond donors (Lipinski definition) is 3. The van der Waals surface area contributed by atoms with Crippen LogP contribution in [0.25, 0.3) is 0 Å². The Morgan fingerprint density at radius 2 is 1.86 bits per heavy atom. The number of aliphatic hydroxyl groups is 2. The first-order valence-electron chi connectivity index (χ1n) is 9.14. The molecule has 0 amide bonds. The van der Waals surface area contributed by atoms with E-state index in [1.165, 1.54) is 16.4 Å². The van der Waals surface area contributed by atoms with Crippen molar-refractivity contribution in [2.45, 2.75) is 29.6 Å². The van der Waals surface area contributed by atoms with Crippen LogP contribution in [0.4, 0.5) is 0 Å².